The molecule has 5 rings (SSSR count). The molecule has 6 N–H and O–H groups in total. The molecule has 2 amide bonds. The van der Waals surface area contributed by atoms with Crippen LogP contribution in [0.3, 0.4) is 0 Å². The number of aromatic nitrogens is 4. The van der Waals surface area contributed by atoms with Crippen molar-refractivity contribution in [2.24, 2.45) is 0 Å². The molecular weight excluding hydrogens is 684 g/mol. The lowest BCUT2D eigenvalue weighted by molar-refractivity contribution is -0.140. The molecular formula is C34H38N6O12. The molecule has 0 aliphatic carbocycles. The second-order valence-electron chi connectivity index (χ2n) is 11.2. The fourth-order valence-corrected chi connectivity index (χ4v) is 4.92. The van der Waals surface area contributed by atoms with E-state index in [1.165, 1.54) is 49.3 Å². The molecule has 0 radical (unpaired) electrons. The molecule has 0 spiro atoms. The second-order valence-corrected chi connectivity index (χ2v) is 11.2. The number of hydrogen-bond donors (Lipinski definition) is 6. The van der Waals surface area contributed by atoms with Gasteiger partial charge in [0.15, 0.2) is 23.0 Å². The number of carbonyl (C=O) groups is 4. The number of H-pyrrole nitrogens is 2. The Morgan fingerprint density at radius 3 is 1.33 bits per heavy atom. The number of aliphatic carboxylic acids is 2. The van der Waals surface area contributed by atoms with Gasteiger partial charge in [0.1, 0.15) is 38.5 Å². The van der Waals surface area contributed by atoms with Gasteiger partial charge in [0.2, 0.25) is 0 Å². The number of nitrogens with one attached hydrogen (secondary N) is 4. The zero-order valence-electron chi connectivity index (χ0n) is 27.9. The van der Waals surface area contributed by atoms with E-state index in [2.05, 4.69) is 30.6 Å². The smallest absolute Gasteiger partial charge is 0.326 e. The Morgan fingerprint density at radius 2 is 0.981 bits per heavy atom. The van der Waals surface area contributed by atoms with Gasteiger partial charge < -0.3 is 59.2 Å². The van der Waals surface area contributed by atoms with Crippen LogP contribution in [-0.4, -0.2) is 119 Å². The molecule has 1 aliphatic rings. The van der Waals surface area contributed by atoms with Gasteiger partial charge in [-0.25, -0.2) is 19.6 Å². The highest BCUT2D eigenvalue weighted by atomic mass is 16.6. The predicted molar refractivity (Wildman–Crippen MR) is 179 cm³/mol. The molecule has 0 fully saturated rings. The number of aromatic amines is 2. The van der Waals surface area contributed by atoms with Crippen LogP contribution in [-0.2, 0) is 31.9 Å². The number of ether oxygens (including phenoxy) is 6. The number of fused-ring (bicyclic) bond motifs is 2. The molecule has 3 heterocycles. The van der Waals surface area contributed by atoms with E-state index in [-0.39, 0.29) is 88.3 Å². The molecule has 2 atom stereocenters. The molecule has 0 bridgehead atoms. The molecule has 2 aromatic carbocycles. The molecule has 0 saturated heterocycles. The Bertz CT molecular complexity index is 1660. The third-order valence-corrected chi connectivity index (χ3v) is 7.52. The van der Waals surface area contributed by atoms with Crippen LogP contribution >= 0.6 is 0 Å². The minimum atomic E-state index is -1.20. The third kappa shape index (κ3) is 10.9. The number of carbonyl (C=O) groups excluding carboxylic acids is 2. The van der Waals surface area contributed by atoms with E-state index < -0.39 is 35.8 Å². The van der Waals surface area contributed by atoms with Crippen LogP contribution < -0.4 is 29.6 Å². The normalized spacial score (nSPS) is 15.2. The molecule has 276 valence electrons. The molecule has 18 heteroatoms. The van der Waals surface area contributed by atoms with Crippen LogP contribution in [0.25, 0.3) is 0 Å². The van der Waals surface area contributed by atoms with Crippen LogP contribution in [0.4, 0.5) is 0 Å². The maximum atomic E-state index is 13.0. The largest absolute Gasteiger partial charge is 0.487 e. The van der Waals surface area contributed by atoms with Crippen molar-refractivity contribution in [3.8, 4) is 23.0 Å². The fraction of sp³-hybridized carbons (Fsp3) is 0.353. The highest BCUT2D eigenvalue weighted by Crippen LogP contribution is 2.30. The first-order valence-electron chi connectivity index (χ1n) is 16.2. The summed E-state index contributed by atoms with van der Waals surface area (Å²) >= 11 is 0. The summed E-state index contributed by atoms with van der Waals surface area (Å²) in [5.74, 6) is -2.47. The van der Waals surface area contributed by atoms with Gasteiger partial charge in [-0.15, -0.1) is 0 Å². The van der Waals surface area contributed by atoms with Crippen molar-refractivity contribution in [3.05, 3.63) is 84.0 Å². The third-order valence-electron chi connectivity index (χ3n) is 7.52. The molecule has 18 nitrogen and oxygen atoms in total. The minimum absolute atomic E-state index is 0.0142. The summed E-state index contributed by atoms with van der Waals surface area (Å²) in [5, 5.41) is 24.3. The Kier molecular flexibility index (Phi) is 13.4. The lowest BCUT2D eigenvalue weighted by Gasteiger charge is -2.18. The minimum Gasteiger partial charge on any atom is -0.487 e. The van der Waals surface area contributed by atoms with Crippen molar-refractivity contribution in [1.82, 2.24) is 30.6 Å². The Labute approximate surface area is 296 Å². The van der Waals surface area contributed by atoms with Gasteiger partial charge in [-0.3, -0.25) is 9.59 Å². The average molecular weight is 723 g/mol. The van der Waals surface area contributed by atoms with Crippen molar-refractivity contribution in [2.75, 3.05) is 52.9 Å². The Hall–Kier alpha value is -6.14. The van der Waals surface area contributed by atoms with Crippen LogP contribution in [0, 0.1) is 0 Å². The summed E-state index contributed by atoms with van der Waals surface area (Å²) in [5.41, 5.74) is 1.42. The van der Waals surface area contributed by atoms with Gasteiger partial charge in [0.25, 0.3) is 11.8 Å². The molecule has 0 unspecified atom stereocenters. The Balaban J connectivity index is 1.19. The highest BCUT2D eigenvalue weighted by Gasteiger charge is 2.24. The standard InChI is InChI=1S/C34H38N6O12/c41-31(39-25(33(43)44)15-23-17-35-19-37-23)21-1-3-27-29(13-21)51-11-7-48-8-12-52-30-14-22(2-4-28(30)50-10-6-47-5-9-49-27)32(42)40-26(34(45)46)16-24-18-36-20-38-24/h1-4,13-14,17-20,25-26H,5-12,15-16H2,(H,35,37)(H,36,38)(H,39,41)(H,40,42)(H,43,44)(H,45,46)/t25-,26+. The molecule has 52 heavy (non-hydrogen) atoms. The summed E-state index contributed by atoms with van der Waals surface area (Å²) in [6.07, 6.45) is 5.84. The number of rotatable bonds is 10. The number of benzene rings is 2. The molecule has 1 aliphatic heterocycles. The zero-order chi connectivity index (χ0) is 36.7. The summed E-state index contributed by atoms with van der Waals surface area (Å²) in [6, 6.07) is 6.62. The van der Waals surface area contributed by atoms with E-state index in [0.29, 0.717) is 22.9 Å². The quantitative estimate of drug-likeness (QED) is 0.135. The van der Waals surface area contributed by atoms with Gasteiger partial charge >= 0.3 is 11.9 Å². The zero-order valence-corrected chi connectivity index (χ0v) is 27.9. The summed E-state index contributed by atoms with van der Waals surface area (Å²) < 4.78 is 34.8. The van der Waals surface area contributed by atoms with E-state index in [4.69, 9.17) is 28.4 Å². The first-order valence-corrected chi connectivity index (χ1v) is 16.2. The van der Waals surface area contributed by atoms with E-state index >= 15 is 0 Å². The monoisotopic (exact) mass is 722 g/mol. The van der Waals surface area contributed by atoms with Crippen molar-refractivity contribution >= 4 is 23.8 Å². The van der Waals surface area contributed by atoms with Crippen molar-refractivity contribution < 1.29 is 57.8 Å². The molecule has 0 saturated carbocycles. The lowest BCUT2D eigenvalue weighted by atomic mass is 10.1. The summed E-state index contributed by atoms with van der Waals surface area (Å²) in [4.78, 5) is 63.1. The maximum absolute atomic E-state index is 13.0. The summed E-state index contributed by atoms with van der Waals surface area (Å²) in [7, 11) is 0. The Morgan fingerprint density at radius 1 is 0.596 bits per heavy atom. The van der Waals surface area contributed by atoms with Gasteiger partial charge in [0.05, 0.1) is 39.1 Å². The number of hydrogen-bond acceptors (Lipinski definition) is 12. The second kappa shape index (κ2) is 18.7. The van der Waals surface area contributed by atoms with E-state index in [1.807, 2.05) is 0 Å². The molecule has 2 aromatic heterocycles. The van der Waals surface area contributed by atoms with E-state index in [9.17, 15) is 29.4 Å². The lowest BCUT2D eigenvalue weighted by Crippen LogP contribution is -2.42. The number of nitrogens with zero attached hydrogens (tertiary/aromatic N) is 2. The van der Waals surface area contributed by atoms with Crippen LogP contribution in [0.1, 0.15) is 32.1 Å². The van der Waals surface area contributed by atoms with Crippen LogP contribution in [0.5, 0.6) is 23.0 Å². The van der Waals surface area contributed by atoms with Gasteiger partial charge in [-0.05, 0) is 36.4 Å². The topological polar surface area (TPSA) is 246 Å². The van der Waals surface area contributed by atoms with Crippen molar-refractivity contribution in [2.45, 2.75) is 24.9 Å². The highest BCUT2D eigenvalue weighted by molar-refractivity contribution is 5.98. The fourth-order valence-electron chi connectivity index (χ4n) is 4.92. The van der Waals surface area contributed by atoms with Crippen LogP contribution in [0.2, 0.25) is 0 Å². The number of carboxylic acids is 2. The predicted octanol–water partition coefficient (Wildman–Crippen LogP) is 1.25. The van der Waals surface area contributed by atoms with Gasteiger partial charge in [-0.2, -0.15) is 0 Å². The SMILES string of the molecule is O=C(N[C@@H](Cc1cnc[nH]1)C(=O)O)c1ccc2c(c1)OCCOCCOc1cc(C(=O)N[C@H](Cc3cnc[nH]3)C(=O)O)ccc1OCCOCCO2. The first kappa shape index (κ1) is 37.1. The number of imidazole rings is 2. The van der Waals surface area contributed by atoms with Gasteiger partial charge in [0, 0.05) is 47.8 Å². The maximum Gasteiger partial charge on any atom is 0.326 e. The summed E-state index contributed by atoms with van der Waals surface area (Å²) in [6.45, 7) is 1.06. The van der Waals surface area contributed by atoms with Gasteiger partial charge in [-0.1, -0.05) is 0 Å². The van der Waals surface area contributed by atoms with E-state index in [0.717, 1.165) is 0 Å². The average Bonchev–Trinajstić information content (AvgIpc) is 3.85. The van der Waals surface area contributed by atoms with Crippen molar-refractivity contribution in [3.63, 3.8) is 0 Å². The van der Waals surface area contributed by atoms with Crippen LogP contribution in [0.15, 0.2) is 61.4 Å². The first-order chi connectivity index (χ1) is 25.3. The number of amides is 2. The van der Waals surface area contributed by atoms with E-state index in [1.54, 1.807) is 12.1 Å². The number of carboxylic acid groups (broad SMARTS) is 2. The molecule has 4 aromatic rings. The van der Waals surface area contributed by atoms with Crippen molar-refractivity contribution in [1.29, 1.82) is 0 Å².